The molecule has 3 nitrogen and oxygen atoms in total. The quantitative estimate of drug-likeness (QED) is 0.225. The van der Waals surface area contributed by atoms with Crippen molar-refractivity contribution in [2.24, 2.45) is 5.84 Å². The molecule has 0 aromatic carbocycles. The third-order valence-electron chi connectivity index (χ3n) is 0.530. The summed E-state index contributed by atoms with van der Waals surface area (Å²) in [5.74, 6) is 4.94. The van der Waals surface area contributed by atoms with Crippen molar-refractivity contribution in [3.05, 3.63) is 0 Å². The van der Waals surface area contributed by atoms with E-state index in [1.54, 1.807) is 4.90 Å². The van der Waals surface area contributed by atoms with Gasteiger partial charge in [-0.1, -0.05) is 0 Å². The average Bonchev–Trinajstić information content (AvgIpc) is 1.65. The van der Waals surface area contributed by atoms with Crippen molar-refractivity contribution in [2.75, 3.05) is 14.1 Å². The molecule has 0 saturated carbocycles. The van der Waals surface area contributed by atoms with Crippen molar-refractivity contribution >= 4 is 17.3 Å². The zero-order chi connectivity index (χ0) is 5.86. The first kappa shape index (κ1) is 11.0. The fraction of sp³-hybridized carbons (Fsp3) is 0.667. The Labute approximate surface area is 65.0 Å². The SMILES string of the molecule is CN(C)C(=S)NN.[Cu]. The molecule has 0 atom stereocenters. The Kier molecular flexibility index (Phi) is 7.32. The molecule has 0 fully saturated rings. The van der Waals surface area contributed by atoms with Crippen LogP contribution in [0.2, 0.25) is 0 Å². The molecule has 0 heterocycles. The third-order valence-corrected chi connectivity index (χ3v) is 1.01. The summed E-state index contributed by atoms with van der Waals surface area (Å²) >= 11 is 4.67. The van der Waals surface area contributed by atoms with Crippen LogP contribution < -0.4 is 11.3 Å². The van der Waals surface area contributed by atoms with E-state index >= 15 is 0 Å². The summed E-state index contributed by atoms with van der Waals surface area (Å²) < 4.78 is 0. The maximum atomic E-state index is 4.94. The van der Waals surface area contributed by atoms with Gasteiger partial charge in [0.05, 0.1) is 0 Å². The van der Waals surface area contributed by atoms with E-state index < -0.39 is 0 Å². The minimum atomic E-state index is 0. The van der Waals surface area contributed by atoms with Gasteiger partial charge in [0, 0.05) is 31.2 Å². The number of nitrogens with one attached hydrogen (secondary N) is 1. The predicted octanol–water partition coefficient (Wildman–Crippen LogP) is -0.706. The van der Waals surface area contributed by atoms with Crippen molar-refractivity contribution in [3.8, 4) is 0 Å². The molecule has 5 heteroatoms. The normalized spacial score (nSPS) is 6.88. The van der Waals surface area contributed by atoms with Crippen LogP contribution in [0.4, 0.5) is 0 Å². The molecule has 0 aliphatic rings. The van der Waals surface area contributed by atoms with Crippen LogP contribution in [0.3, 0.4) is 0 Å². The van der Waals surface area contributed by atoms with Crippen LogP contribution in [-0.4, -0.2) is 24.1 Å². The van der Waals surface area contributed by atoms with Gasteiger partial charge in [0.1, 0.15) is 0 Å². The zero-order valence-corrected chi connectivity index (χ0v) is 6.49. The first-order valence-electron chi connectivity index (χ1n) is 1.86. The maximum absolute atomic E-state index is 4.94. The van der Waals surface area contributed by atoms with E-state index in [9.17, 15) is 0 Å². The molecular weight excluding hydrogens is 174 g/mol. The summed E-state index contributed by atoms with van der Waals surface area (Å²) in [7, 11) is 3.64. The van der Waals surface area contributed by atoms with Gasteiger partial charge >= 0.3 is 0 Å². The van der Waals surface area contributed by atoms with Gasteiger partial charge in [-0.2, -0.15) is 0 Å². The molecule has 0 aromatic rings. The number of hydrogen-bond donors (Lipinski definition) is 2. The second-order valence-electron chi connectivity index (χ2n) is 1.34. The predicted molar refractivity (Wildman–Crippen MR) is 33.6 cm³/mol. The number of nitrogens with zero attached hydrogens (tertiary/aromatic N) is 1. The van der Waals surface area contributed by atoms with Crippen LogP contribution in [0, 0.1) is 0 Å². The van der Waals surface area contributed by atoms with E-state index in [1.165, 1.54) is 0 Å². The molecule has 53 valence electrons. The van der Waals surface area contributed by atoms with Crippen LogP contribution in [0.1, 0.15) is 0 Å². The average molecular weight is 183 g/mol. The molecule has 0 spiro atoms. The van der Waals surface area contributed by atoms with Crippen LogP contribution >= 0.6 is 12.2 Å². The van der Waals surface area contributed by atoms with Gasteiger partial charge in [0.25, 0.3) is 0 Å². The molecule has 1 radical (unpaired) electrons. The fourth-order valence-electron chi connectivity index (χ4n) is 0.129. The Morgan fingerprint density at radius 1 is 1.62 bits per heavy atom. The summed E-state index contributed by atoms with van der Waals surface area (Å²) in [4.78, 5) is 1.72. The van der Waals surface area contributed by atoms with Crippen molar-refractivity contribution in [2.45, 2.75) is 0 Å². The van der Waals surface area contributed by atoms with E-state index in [1.807, 2.05) is 14.1 Å². The van der Waals surface area contributed by atoms with E-state index in [-0.39, 0.29) is 17.1 Å². The Morgan fingerprint density at radius 2 is 2.00 bits per heavy atom. The smallest absolute Gasteiger partial charge is 0.182 e. The largest absolute Gasteiger partial charge is 0.354 e. The van der Waals surface area contributed by atoms with Gasteiger partial charge in [0.15, 0.2) is 5.11 Å². The molecule has 0 unspecified atom stereocenters. The van der Waals surface area contributed by atoms with Gasteiger partial charge in [-0.25, -0.2) is 5.84 Å². The van der Waals surface area contributed by atoms with Crippen molar-refractivity contribution in [1.29, 1.82) is 0 Å². The molecule has 0 saturated heterocycles. The monoisotopic (exact) mass is 182 g/mol. The molecule has 0 aliphatic heterocycles. The first-order chi connectivity index (χ1) is 3.18. The molecule has 0 bridgehead atoms. The minimum Gasteiger partial charge on any atom is -0.354 e. The Balaban J connectivity index is 0. The van der Waals surface area contributed by atoms with Crippen LogP contribution in [0.5, 0.6) is 0 Å². The van der Waals surface area contributed by atoms with Gasteiger partial charge in [-0.15, -0.1) is 0 Å². The van der Waals surface area contributed by atoms with E-state index in [2.05, 4.69) is 17.6 Å². The number of thiocarbonyl (C=S) groups is 1. The molecule has 8 heavy (non-hydrogen) atoms. The van der Waals surface area contributed by atoms with E-state index in [0.29, 0.717) is 5.11 Å². The second-order valence-corrected chi connectivity index (χ2v) is 1.73. The molecule has 0 rings (SSSR count). The standard InChI is InChI=1S/C3H9N3S.Cu/c1-6(2)3(7)5-4;/h4H2,1-2H3,(H,5,7);. The number of nitrogens with two attached hydrogens (primary N) is 1. The van der Waals surface area contributed by atoms with Crippen LogP contribution in [0.25, 0.3) is 0 Å². The second kappa shape index (κ2) is 5.31. The Morgan fingerprint density at radius 3 is 2.00 bits per heavy atom. The molecular formula is C3H9CuN3S. The van der Waals surface area contributed by atoms with Crippen LogP contribution in [0.15, 0.2) is 0 Å². The Hall–Kier alpha value is 0.169. The number of hydrazine groups is 1. The van der Waals surface area contributed by atoms with Gasteiger partial charge in [-0.3, -0.25) is 0 Å². The van der Waals surface area contributed by atoms with Crippen molar-refractivity contribution < 1.29 is 17.1 Å². The van der Waals surface area contributed by atoms with E-state index in [4.69, 9.17) is 5.84 Å². The summed E-state index contributed by atoms with van der Waals surface area (Å²) in [5.41, 5.74) is 2.32. The number of hydrogen-bond acceptors (Lipinski definition) is 2. The summed E-state index contributed by atoms with van der Waals surface area (Å²) in [6, 6.07) is 0. The minimum absolute atomic E-state index is 0. The van der Waals surface area contributed by atoms with Crippen molar-refractivity contribution in [3.63, 3.8) is 0 Å². The topological polar surface area (TPSA) is 41.3 Å². The Bertz CT molecular complexity index is 74.9. The summed E-state index contributed by atoms with van der Waals surface area (Å²) in [6.07, 6.45) is 0. The third kappa shape index (κ3) is 4.33. The van der Waals surface area contributed by atoms with Gasteiger partial charge in [-0.05, 0) is 12.2 Å². The number of rotatable bonds is 0. The summed E-state index contributed by atoms with van der Waals surface area (Å²) in [5, 5.41) is 0.542. The first-order valence-corrected chi connectivity index (χ1v) is 2.27. The zero-order valence-electron chi connectivity index (χ0n) is 4.73. The molecule has 0 amide bonds. The molecule has 3 N–H and O–H groups in total. The summed E-state index contributed by atoms with van der Waals surface area (Å²) in [6.45, 7) is 0. The van der Waals surface area contributed by atoms with E-state index in [0.717, 1.165) is 0 Å². The molecule has 0 aliphatic carbocycles. The van der Waals surface area contributed by atoms with Gasteiger partial charge < -0.3 is 10.3 Å². The fourth-order valence-corrected chi connectivity index (χ4v) is 0.129. The van der Waals surface area contributed by atoms with Crippen molar-refractivity contribution in [1.82, 2.24) is 10.3 Å². The maximum Gasteiger partial charge on any atom is 0.182 e. The van der Waals surface area contributed by atoms with Crippen LogP contribution in [-0.2, 0) is 17.1 Å². The van der Waals surface area contributed by atoms with Gasteiger partial charge in [0.2, 0.25) is 0 Å². The molecule has 0 aromatic heterocycles.